The quantitative estimate of drug-likeness (QED) is 0.634. The Morgan fingerprint density at radius 2 is 2.28 bits per heavy atom. The second-order valence-corrected chi connectivity index (χ2v) is 3.82. The van der Waals surface area contributed by atoms with Gasteiger partial charge in [0.25, 0.3) is 11.6 Å². The van der Waals surface area contributed by atoms with Crippen LogP contribution in [0.25, 0.3) is 0 Å². The fourth-order valence-electron chi connectivity index (χ4n) is 1.54. The lowest BCUT2D eigenvalue weighted by Gasteiger charge is -2.16. The number of aromatic nitrogens is 1. The highest BCUT2D eigenvalue weighted by atomic mass is 16.6. The maximum atomic E-state index is 12.1. The van der Waals surface area contributed by atoms with Gasteiger partial charge in [0.05, 0.1) is 4.92 Å². The predicted molar refractivity (Wildman–Crippen MR) is 67.7 cm³/mol. The lowest BCUT2D eigenvalue weighted by molar-refractivity contribution is -0.385. The van der Waals surface area contributed by atoms with Crippen molar-refractivity contribution in [3.63, 3.8) is 0 Å². The molecule has 98 valence electrons. The molecule has 1 heterocycles. The van der Waals surface area contributed by atoms with Gasteiger partial charge in [0.15, 0.2) is 0 Å². The SMILES string of the molecule is CCCN(C)C(=O)c1cc(NC)ncc1[N+](=O)[O-]. The molecule has 1 aromatic heterocycles. The molecule has 7 nitrogen and oxygen atoms in total. The number of amides is 1. The third kappa shape index (κ3) is 2.93. The van der Waals surface area contributed by atoms with E-state index in [1.165, 1.54) is 11.0 Å². The first-order valence-electron chi connectivity index (χ1n) is 5.58. The minimum absolute atomic E-state index is 0.0512. The highest BCUT2D eigenvalue weighted by Gasteiger charge is 2.23. The summed E-state index contributed by atoms with van der Waals surface area (Å²) in [6, 6.07) is 1.40. The zero-order valence-electron chi connectivity index (χ0n) is 10.6. The minimum atomic E-state index is -0.598. The van der Waals surface area contributed by atoms with Crippen molar-refractivity contribution >= 4 is 17.4 Å². The third-order valence-electron chi connectivity index (χ3n) is 2.47. The molecule has 0 saturated carbocycles. The number of rotatable bonds is 5. The first-order chi connectivity index (χ1) is 8.51. The molecule has 18 heavy (non-hydrogen) atoms. The van der Waals surface area contributed by atoms with Crippen LogP contribution in [-0.2, 0) is 0 Å². The Kier molecular flexibility index (Phi) is 4.59. The van der Waals surface area contributed by atoms with Crippen molar-refractivity contribution < 1.29 is 9.72 Å². The van der Waals surface area contributed by atoms with Crippen LogP contribution in [0.5, 0.6) is 0 Å². The molecule has 0 bridgehead atoms. The van der Waals surface area contributed by atoms with E-state index in [1.54, 1.807) is 14.1 Å². The van der Waals surface area contributed by atoms with Gasteiger partial charge in [-0.25, -0.2) is 4.98 Å². The molecule has 0 unspecified atom stereocenters. The smallest absolute Gasteiger partial charge is 0.300 e. The number of anilines is 1. The summed E-state index contributed by atoms with van der Waals surface area (Å²) in [4.78, 5) is 27.7. The Labute approximate surface area is 105 Å². The van der Waals surface area contributed by atoms with Crippen molar-refractivity contribution in [3.8, 4) is 0 Å². The van der Waals surface area contributed by atoms with Gasteiger partial charge >= 0.3 is 0 Å². The number of hydrogen-bond acceptors (Lipinski definition) is 5. The predicted octanol–water partition coefficient (Wildman–Crippen LogP) is 1.51. The van der Waals surface area contributed by atoms with Gasteiger partial charge in [-0.1, -0.05) is 6.92 Å². The van der Waals surface area contributed by atoms with Crippen LogP contribution in [0.1, 0.15) is 23.7 Å². The van der Waals surface area contributed by atoms with Gasteiger partial charge in [0, 0.05) is 26.7 Å². The Bertz CT molecular complexity index is 462. The van der Waals surface area contributed by atoms with E-state index in [2.05, 4.69) is 10.3 Å². The van der Waals surface area contributed by atoms with Crippen molar-refractivity contribution in [1.82, 2.24) is 9.88 Å². The lowest BCUT2D eigenvalue weighted by Crippen LogP contribution is -2.28. The molecule has 0 spiro atoms. The summed E-state index contributed by atoms with van der Waals surface area (Å²) in [5.74, 6) is 0.0521. The second kappa shape index (κ2) is 5.95. The fraction of sp³-hybridized carbons (Fsp3) is 0.455. The van der Waals surface area contributed by atoms with E-state index in [9.17, 15) is 14.9 Å². The van der Waals surface area contributed by atoms with E-state index in [1.807, 2.05) is 6.92 Å². The van der Waals surface area contributed by atoms with Crippen molar-refractivity contribution in [2.45, 2.75) is 13.3 Å². The van der Waals surface area contributed by atoms with Gasteiger partial charge in [-0.3, -0.25) is 14.9 Å². The molecule has 0 aliphatic heterocycles. The van der Waals surface area contributed by atoms with Crippen molar-refractivity contribution in [3.05, 3.63) is 27.9 Å². The summed E-state index contributed by atoms with van der Waals surface area (Å²) in [7, 11) is 3.26. The number of hydrogen-bond donors (Lipinski definition) is 1. The Morgan fingerprint density at radius 3 is 2.78 bits per heavy atom. The topological polar surface area (TPSA) is 88.4 Å². The summed E-state index contributed by atoms with van der Waals surface area (Å²) < 4.78 is 0. The summed E-state index contributed by atoms with van der Waals surface area (Å²) in [6.07, 6.45) is 1.89. The van der Waals surface area contributed by atoms with Crippen LogP contribution in [0.2, 0.25) is 0 Å². The highest BCUT2D eigenvalue weighted by Crippen LogP contribution is 2.21. The molecule has 1 aromatic rings. The molecule has 0 saturated heterocycles. The molecule has 0 aromatic carbocycles. The van der Waals surface area contributed by atoms with Crippen LogP contribution in [0.4, 0.5) is 11.5 Å². The Balaban J connectivity index is 3.18. The van der Waals surface area contributed by atoms with Crippen LogP contribution in [-0.4, -0.2) is 41.4 Å². The summed E-state index contributed by atoms with van der Waals surface area (Å²) in [6.45, 7) is 2.48. The van der Waals surface area contributed by atoms with Gasteiger partial charge in [-0.15, -0.1) is 0 Å². The van der Waals surface area contributed by atoms with Gasteiger partial charge in [-0.05, 0) is 6.42 Å². The van der Waals surface area contributed by atoms with Crippen LogP contribution < -0.4 is 5.32 Å². The lowest BCUT2D eigenvalue weighted by atomic mass is 10.2. The summed E-state index contributed by atoms with van der Waals surface area (Å²) in [5, 5.41) is 13.6. The molecule has 1 N–H and O–H groups in total. The molecule has 0 aliphatic carbocycles. The molecule has 1 amide bonds. The third-order valence-corrected chi connectivity index (χ3v) is 2.47. The zero-order valence-corrected chi connectivity index (χ0v) is 10.6. The Morgan fingerprint density at radius 1 is 1.61 bits per heavy atom. The maximum Gasteiger partial charge on any atom is 0.300 e. The van der Waals surface area contributed by atoms with E-state index in [-0.39, 0.29) is 17.2 Å². The van der Waals surface area contributed by atoms with E-state index in [0.29, 0.717) is 12.4 Å². The standard InChI is InChI=1S/C11H16N4O3/c1-4-5-14(3)11(16)8-6-10(12-2)13-7-9(8)15(17)18/h6-7H,4-5H2,1-3H3,(H,12,13). The monoisotopic (exact) mass is 252 g/mol. The van der Waals surface area contributed by atoms with Crippen LogP contribution in [0.3, 0.4) is 0 Å². The Hall–Kier alpha value is -2.18. The molecule has 0 atom stereocenters. The average Bonchev–Trinajstić information content (AvgIpc) is 2.37. The molecule has 0 fully saturated rings. The highest BCUT2D eigenvalue weighted by molar-refractivity contribution is 5.98. The van der Waals surface area contributed by atoms with Crippen LogP contribution in [0.15, 0.2) is 12.3 Å². The second-order valence-electron chi connectivity index (χ2n) is 3.82. The van der Waals surface area contributed by atoms with Crippen molar-refractivity contribution in [2.24, 2.45) is 0 Å². The number of nitrogens with one attached hydrogen (secondary N) is 1. The number of nitro groups is 1. The minimum Gasteiger partial charge on any atom is -0.373 e. The molecule has 1 rings (SSSR count). The number of carbonyl (C=O) groups excluding carboxylic acids is 1. The van der Waals surface area contributed by atoms with Gasteiger partial charge in [0.1, 0.15) is 17.6 Å². The van der Waals surface area contributed by atoms with Gasteiger partial charge in [0.2, 0.25) is 0 Å². The van der Waals surface area contributed by atoms with E-state index >= 15 is 0 Å². The zero-order chi connectivity index (χ0) is 13.7. The molecule has 0 radical (unpaired) electrons. The normalized spacial score (nSPS) is 9.94. The van der Waals surface area contributed by atoms with E-state index in [4.69, 9.17) is 0 Å². The molecular formula is C11H16N4O3. The van der Waals surface area contributed by atoms with Gasteiger partial charge < -0.3 is 10.2 Å². The van der Waals surface area contributed by atoms with Crippen molar-refractivity contribution in [1.29, 1.82) is 0 Å². The van der Waals surface area contributed by atoms with E-state index in [0.717, 1.165) is 12.6 Å². The molecule has 7 heteroatoms. The number of pyridine rings is 1. The van der Waals surface area contributed by atoms with Crippen LogP contribution >= 0.6 is 0 Å². The molecule has 0 aliphatic rings. The number of carbonyl (C=O) groups is 1. The van der Waals surface area contributed by atoms with E-state index < -0.39 is 4.92 Å². The first kappa shape index (κ1) is 13.9. The average molecular weight is 252 g/mol. The summed E-state index contributed by atoms with van der Waals surface area (Å²) >= 11 is 0. The molecular weight excluding hydrogens is 236 g/mol. The first-order valence-corrected chi connectivity index (χ1v) is 5.58. The summed E-state index contributed by atoms with van der Waals surface area (Å²) in [5.41, 5.74) is -0.225. The van der Waals surface area contributed by atoms with Gasteiger partial charge in [-0.2, -0.15) is 0 Å². The fourth-order valence-corrected chi connectivity index (χ4v) is 1.54. The van der Waals surface area contributed by atoms with Crippen LogP contribution in [0, 0.1) is 10.1 Å². The maximum absolute atomic E-state index is 12.1. The number of nitrogens with zero attached hydrogens (tertiary/aromatic N) is 3. The largest absolute Gasteiger partial charge is 0.373 e. The van der Waals surface area contributed by atoms with Crippen molar-refractivity contribution in [2.75, 3.05) is 26.0 Å².